The van der Waals surface area contributed by atoms with E-state index in [1.807, 2.05) is 0 Å². The van der Waals surface area contributed by atoms with Crippen LogP contribution in [0, 0.1) is 6.92 Å². The molecule has 1 fully saturated rings. The number of carboxylic acid groups (broad SMARTS) is 1. The van der Waals surface area contributed by atoms with Crippen LogP contribution in [0.15, 0.2) is 12.1 Å². The molecule has 2 heterocycles. The number of ether oxygens (including phenoxy) is 1. The Morgan fingerprint density at radius 1 is 1.62 bits per heavy atom. The van der Waals surface area contributed by atoms with Crippen molar-refractivity contribution in [1.82, 2.24) is 4.98 Å². The van der Waals surface area contributed by atoms with Crippen LogP contribution in [0.2, 0.25) is 0 Å². The number of anilines is 1. The molecule has 2 N–H and O–H groups in total. The number of aromatic carboxylic acids is 1. The summed E-state index contributed by atoms with van der Waals surface area (Å²) < 4.78 is 5.23. The van der Waals surface area contributed by atoms with Gasteiger partial charge in [0.15, 0.2) is 0 Å². The van der Waals surface area contributed by atoms with Gasteiger partial charge in [-0.2, -0.15) is 0 Å². The van der Waals surface area contributed by atoms with Crippen molar-refractivity contribution in [2.75, 3.05) is 18.5 Å². The minimum atomic E-state index is -0.934. The molecule has 5 nitrogen and oxygen atoms in total. The number of pyridine rings is 1. The molecule has 1 aliphatic rings. The quantitative estimate of drug-likeness (QED) is 0.806. The fraction of sp³-hybridized carbons (Fsp3) is 0.455. The lowest BCUT2D eigenvalue weighted by atomic mass is 10.2. The van der Waals surface area contributed by atoms with Crippen molar-refractivity contribution in [3.05, 3.63) is 23.4 Å². The molecule has 1 unspecified atom stereocenters. The van der Waals surface area contributed by atoms with E-state index < -0.39 is 5.97 Å². The first kappa shape index (κ1) is 10.9. The smallest absolute Gasteiger partial charge is 0.335 e. The van der Waals surface area contributed by atoms with E-state index in [-0.39, 0.29) is 11.6 Å². The molecule has 0 aromatic carbocycles. The van der Waals surface area contributed by atoms with E-state index in [1.54, 1.807) is 19.1 Å². The predicted molar refractivity (Wildman–Crippen MR) is 58.8 cm³/mol. The van der Waals surface area contributed by atoms with Gasteiger partial charge in [-0.05, 0) is 25.5 Å². The van der Waals surface area contributed by atoms with Gasteiger partial charge in [-0.1, -0.05) is 0 Å². The van der Waals surface area contributed by atoms with Crippen LogP contribution in [0.5, 0.6) is 0 Å². The van der Waals surface area contributed by atoms with Gasteiger partial charge in [0.1, 0.15) is 5.82 Å². The number of hydrogen-bond acceptors (Lipinski definition) is 4. The standard InChI is InChI=1S/C11H14N2O3/c1-7-4-8(11(14)15)5-10(12-7)13-9-2-3-16-6-9/h4-5,9H,2-3,6H2,1H3,(H,12,13)(H,14,15). The van der Waals surface area contributed by atoms with Crippen molar-refractivity contribution in [3.63, 3.8) is 0 Å². The molecule has 0 aliphatic carbocycles. The molecule has 1 saturated heterocycles. The topological polar surface area (TPSA) is 71.5 Å². The number of carbonyl (C=O) groups is 1. The first-order valence-electron chi connectivity index (χ1n) is 5.21. The molecule has 1 aromatic rings. The largest absolute Gasteiger partial charge is 0.478 e. The van der Waals surface area contributed by atoms with E-state index >= 15 is 0 Å². The Morgan fingerprint density at radius 3 is 3.06 bits per heavy atom. The predicted octanol–water partition coefficient (Wildman–Crippen LogP) is 1.29. The maximum atomic E-state index is 10.9. The van der Waals surface area contributed by atoms with E-state index in [0.717, 1.165) is 13.0 Å². The fourth-order valence-electron chi connectivity index (χ4n) is 1.72. The minimum absolute atomic E-state index is 0.232. The lowest BCUT2D eigenvalue weighted by Gasteiger charge is -2.12. The van der Waals surface area contributed by atoms with Gasteiger partial charge in [0.2, 0.25) is 0 Å². The number of aromatic nitrogens is 1. The van der Waals surface area contributed by atoms with E-state index in [2.05, 4.69) is 10.3 Å². The summed E-state index contributed by atoms with van der Waals surface area (Å²) in [5, 5.41) is 12.1. The summed E-state index contributed by atoms with van der Waals surface area (Å²) in [6, 6.07) is 3.34. The lowest BCUT2D eigenvalue weighted by molar-refractivity contribution is 0.0696. The van der Waals surface area contributed by atoms with E-state index in [0.29, 0.717) is 18.1 Å². The van der Waals surface area contributed by atoms with Crippen LogP contribution in [0.3, 0.4) is 0 Å². The molecule has 2 rings (SSSR count). The highest BCUT2D eigenvalue weighted by Crippen LogP contribution is 2.14. The molecule has 0 radical (unpaired) electrons. The second kappa shape index (κ2) is 4.49. The van der Waals surface area contributed by atoms with Gasteiger partial charge in [0.05, 0.1) is 18.2 Å². The van der Waals surface area contributed by atoms with Crippen LogP contribution in [0.25, 0.3) is 0 Å². The van der Waals surface area contributed by atoms with Crippen molar-refractivity contribution in [1.29, 1.82) is 0 Å². The van der Waals surface area contributed by atoms with Gasteiger partial charge >= 0.3 is 5.97 Å². The summed E-state index contributed by atoms with van der Waals surface area (Å²) in [5.74, 6) is -0.330. The van der Waals surface area contributed by atoms with Crippen molar-refractivity contribution >= 4 is 11.8 Å². The zero-order valence-electron chi connectivity index (χ0n) is 9.06. The first-order valence-corrected chi connectivity index (χ1v) is 5.21. The van der Waals surface area contributed by atoms with Crippen LogP contribution >= 0.6 is 0 Å². The molecule has 0 bridgehead atoms. The normalized spacial score (nSPS) is 19.7. The maximum Gasteiger partial charge on any atom is 0.335 e. The number of nitrogens with zero attached hydrogens (tertiary/aromatic N) is 1. The summed E-state index contributed by atoms with van der Waals surface area (Å²) in [4.78, 5) is 15.1. The third kappa shape index (κ3) is 2.49. The number of rotatable bonds is 3. The van der Waals surface area contributed by atoms with Crippen molar-refractivity contribution in [2.24, 2.45) is 0 Å². The van der Waals surface area contributed by atoms with Gasteiger partial charge in [0, 0.05) is 12.3 Å². The maximum absolute atomic E-state index is 10.9. The van der Waals surface area contributed by atoms with Crippen molar-refractivity contribution in [3.8, 4) is 0 Å². The molecule has 0 amide bonds. The van der Waals surface area contributed by atoms with Crippen LogP contribution < -0.4 is 5.32 Å². The molecule has 1 aromatic heterocycles. The summed E-state index contributed by atoms with van der Waals surface area (Å²) in [7, 11) is 0. The summed E-state index contributed by atoms with van der Waals surface area (Å²) >= 11 is 0. The van der Waals surface area contributed by atoms with Crippen LogP contribution in [-0.4, -0.2) is 35.3 Å². The SMILES string of the molecule is Cc1cc(C(=O)O)cc(NC2CCOC2)n1. The molecular weight excluding hydrogens is 208 g/mol. The molecular formula is C11H14N2O3. The number of nitrogens with one attached hydrogen (secondary N) is 1. The van der Waals surface area contributed by atoms with Crippen LogP contribution in [-0.2, 0) is 4.74 Å². The molecule has 16 heavy (non-hydrogen) atoms. The van der Waals surface area contributed by atoms with Crippen LogP contribution in [0.4, 0.5) is 5.82 Å². The second-order valence-electron chi connectivity index (χ2n) is 3.89. The highest BCUT2D eigenvalue weighted by Gasteiger charge is 2.16. The molecule has 5 heteroatoms. The highest BCUT2D eigenvalue weighted by atomic mass is 16.5. The zero-order chi connectivity index (χ0) is 11.5. The Bertz CT molecular complexity index is 400. The Balaban J connectivity index is 2.16. The molecule has 1 aliphatic heterocycles. The van der Waals surface area contributed by atoms with Crippen LogP contribution in [0.1, 0.15) is 22.5 Å². The van der Waals surface area contributed by atoms with E-state index in [1.165, 1.54) is 0 Å². The number of hydrogen-bond donors (Lipinski definition) is 2. The van der Waals surface area contributed by atoms with Crippen molar-refractivity contribution < 1.29 is 14.6 Å². The Hall–Kier alpha value is -1.62. The molecule has 86 valence electrons. The van der Waals surface area contributed by atoms with E-state index in [4.69, 9.17) is 9.84 Å². The second-order valence-corrected chi connectivity index (χ2v) is 3.89. The lowest BCUT2D eigenvalue weighted by Crippen LogP contribution is -2.20. The molecule has 0 saturated carbocycles. The van der Waals surface area contributed by atoms with E-state index in [9.17, 15) is 4.79 Å². The van der Waals surface area contributed by atoms with Gasteiger partial charge in [-0.25, -0.2) is 9.78 Å². The summed E-state index contributed by atoms with van der Waals surface area (Å²) in [6.45, 7) is 3.18. The van der Waals surface area contributed by atoms with Gasteiger partial charge in [-0.3, -0.25) is 0 Å². The average molecular weight is 222 g/mol. The fourth-order valence-corrected chi connectivity index (χ4v) is 1.72. The molecule has 1 atom stereocenters. The number of carboxylic acids is 1. The van der Waals surface area contributed by atoms with Gasteiger partial charge in [0.25, 0.3) is 0 Å². The monoisotopic (exact) mass is 222 g/mol. The Kier molecular flexibility index (Phi) is 3.05. The third-order valence-corrected chi connectivity index (χ3v) is 2.48. The summed E-state index contributed by atoms with van der Waals surface area (Å²) in [5.41, 5.74) is 0.954. The van der Waals surface area contributed by atoms with Crippen molar-refractivity contribution in [2.45, 2.75) is 19.4 Å². The molecule has 0 spiro atoms. The Morgan fingerprint density at radius 2 is 2.44 bits per heavy atom. The first-order chi connectivity index (χ1) is 7.65. The Labute approximate surface area is 93.5 Å². The van der Waals surface area contributed by atoms with Gasteiger partial charge < -0.3 is 15.2 Å². The summed E-state index contributed by atoms with van der Waals surface area (Å²) in [6.07, 6.45) is 0.929. The zero-order valence-corrected chi connectivity index (χ0v) is 9.06. The average Bonchev–Trinajstić information content (AvgIpc) is 2.69. The number of aryl methyl sites for hydroxylation is 1. The highest BCUT2D eigenvalue weighted by molar-refractivity contribution is 5.88. The minimum Gasteiger partial charge on any atom is -0.478 e. The van der Waals surface area contributed by atoms with Gasteiger partial charge in [-0.15, -0.1) is 0 Å². The third-order valence-electron chi connectivity index (χ3n) is 2.48.